The summed E-state index contributed by atoms with van der Waals surface area (Å²) in [5.41, 5.74) is 9.45. The van der Waals surface area contributed by atoms with Gasteiger partial charge in [-0.25, -0.2) is 16.3 Å². The fourth-order valence-electron chi connectivity index (χ4n) is 4.88. The lowest BCUT2D eigenvalue weighted by atomic mass is 10.1. The van der Waals surface area contributed by atoms with E-state index >= 15 is 0 Å². The number of hydroxylamine groups is 1. The highest BCUT2D eigenvalue weighted by atomic mass is 16.5. The predicted octanol–water partition coefficient (Wildman–Crippen LogP) is 5.49. The Kier molecular flexibility index (Phi) is 15.5. The van der Waals surface area contributed by atoms with E-state index < -0.39 is 11.8 Å². The third-order valence-corrected chi connectivity index (χ3v) is 7.70. The Bertz CT molecular complexity index is 1710. The molecule has 0 atom stereocenters. The predicted molar refractivity (Wildman–Crippen MR) is 197 cm³/mol. The summed E-state index contributed by atoms with van der Waals surface area (Å²) in [6, 6.07) is 27.0. The monoisotopic (exact) mass is 706 g/mol. The van der Waals surface area contributed by atoms with Crippen molar-refractivity contribution < 1.29 is 33.9 Å². The first kappa shape index (κ1) is 38.5. The van der Waals surface area contributed by atoms with Gasteiger partial charge in [-0.2, -0.15) is 10.2 Å². The van der Waals surface area contributed by atoms with E-state index in [0.29, 0.717) is 29.9 Å². The van der Waals surface area contributed by atoms with E-state index in [2.05, 4.69) is 26.4 Å². The summed E-state index contributed by atoms with van der Waals surface area (Å²) in [7, 11) is 1.55. The highest BCUT2D eigenvalue weighted by Gasteiger charge is 2.09. The Morgan fingerprint density at radius 3 is 1.35 bits per heavy atom. The summed E-state index contributed by atoms with van der Waals surface area (Å²) in [5.74, 6) is -0.242. The molecule has 0 spiro atoms. The van der Waals surface area contributed by atoms with Gasteiger partial charge in [0.25, 0.3) is 23.6 Å². The second kappa shape index (κ2) is 21.0. The molecule has 0 aliphatic heterocycles. The quantitative estimate of drug-likeness (QED) is 0.0370. The molecule has 4 amide bonds. The van der Waals surface area contributed by atoms with Gasteiger partial charge in [-0.1, -0.05) is 49.9 Å². The van der Waals surface area contributed by atoms with Crippen LogP contribution < -0.4 is 31.1 Å². The molecule has 0 saturated heterocycles. The van der Waals surface area contributed by atoms with Gasteiger partial charge < -0.3 is 14.8 Å². The molecule has 0 saturated carbocycles. The third kappa shape index (κ3) is 12.8. The summed E-state index contributed by atoms with van der Waals surface area (Å²) in [4.78, 5) is 47.7. The Morgan fingerprint density at radius 2 is 0.942 bits per heavy atom. The van der Waals surface area contributed by atoms with Crippen molar-refractivity contribution in [2.45, 2.75) is 38.5 Å². The van der Waals surface area contributed by atoms with Crippen molar-refractivity contribution in [3.8, 4) is 11.5 Å². The number of hydrazone groups is 2. The van der Waals surface area contributed by atoms with Gasteiger partial charge in [0.05, 0.1) is 25.6 Å². The summed E-state index contributed by atoms with van der Waals surface area (Å²) in [6.07, 6.45) is 9.26. The minimum absolute atomic E-state index is 0.220. The summed E-state index contributed by atoms with van der Waals surface area (Å²) < 4.78 is 11.8. The summed E-state index contributed by atoms with van der Waals surface area (Å²) >= 11 is 0. The zero-order valence-electron chi connectivity index (χ0n) is 28.8. The van der Waals surface area contributed by atoms with Crippen molar-refractivity contribution in [2.75, 3.05) is 20.3 Å². The number of rotatable bonds is 19. The van der Waals surface area contributed by atoms with Gasteiger partial charge in [0, 0.05) is 29.3 Å². The van der Waals surface area contributed by atoms with Gasteiger partial charge in [-0.15, -0.1) is 0 Å². The van der Waals surface area contributed by atoms with Crippen LogP contribution in [0.2, 0.25) is 0 Å². The molecule has 5 N–H and O–H groups in total. The number of nitrogens with one attached hydrogen (secondary N) is 4. The topological polar surface area (TPSA) is 180 Å². The number of benzene rings is 4. The molecule has 0 heterocycles. The first-order valence-corrected chi connectivity index (χ1v) is 16.9. The minimum Gasteiger partial charge on any atom is -0.494 e. The molecular weight excluding hydrogens is 664 g/mol. The number of hydrogen-bond acceptors (Lipinski definition) is 9. The molecule has 270 valence electrons. The minimum atomic E-state index is -0.661. The Labute approximate surface area is 302 Å². The molecule has 4 rings (SSSR count). The number of hydrogen-bond donors (Lipinski definition) is 5. The van der Waals surface area contributed by atoms with Gasteiger partial charge >= 0.3 is 0 Å². The molecule has 0 unspecified atom stereocenters. The van der Waals surface area contributed by atoms with Crippen molar-refractivity contribution in [2.24, 2.45) is 10.2 Å². The molecule has 13 nitrogen and oxygen atoms in total. The van der Waals surface area contributed by atoms with Gasteiger partial charge in [0.1, 0.15) is 11.5 Å². The number of nitrogens with zero attached hydrogens (tertiary/aromatic N) is 2. The molecule has 13 heteroatoms. The number of amides is 4. The second-order valence-electron chi connectivity index (χ2n) is 11.5. The summed E-state index contributed by atoms with van der Waals surface area (Å²) in [5, 5.41) is 19.3. The average Bonchev–Trinajstić information content (AvgIpc) is 3.18. The fraction of sp³-hybridized carbons (Fsp3) is 0.231. The molecule has 0 bridgehead atoms. The zero-order chi connectivity index (χ0) is 37.0. The van der Waals surface area contributed by atoms with E-state index in [9.17, 15) is 19.2 Å². The van der Waals surface area contributed by atoms with Gasteiger partial charge in [0.15, 0.2) is 0 Å². The number of carbonyl (C=O) groups is 4. The molecule has 0 radical (unpaired) electrons. The van der Waals surface area contributed by atoms with E-state index in [-0.39, 0.29) is 17.4 Å². The molecule has 0 aliphatic rings. The van der Waals surface area contributed by atoms with Crippen LogP contribution in [0.15, 0.2) is 107 Å². The van der Waals surface area contributed by atoms with Crippen LogP contribution in [0.4, 0.5) is 0 Å². The van der Waals surface area contributed by atoms with Crippen LogP contribution in [-0.4, -0.2) is 61.5 Å². The lowest BCUT2D eigenvalue weighted by Crippen LogP contribution is -2.20. The van der Waals surface area contributed by atoms with E-state index in [1.807, 2.05) is 48.5 Å². The molecule has 0 aromatic heterocycles. The van der Waals surface area contributed by atoms with E-state index in [1.54, 1.807) is 43.0 Å². The lowest BCUT2D eigenvalue weighted by molar-refractivity contribution is 0.0705. The summed E-state index contributed by atoms with van der Waals surface area (Å²) in [6.45, 7) is 1.20. The van der Waals surface area contributed by atoms with Crippen molar-refractivity contribution in [3.63, 3.8) is 0 Å². The van der Waals surface area contributed by atoms with Crippen molar-refractivity contribution in [1.29, 1.82) is 0 Å². The van der Waals surface area contributed by atoms with E-state index in [0.717, 1.165) is 61.2 Å². The van der Waals surface area contributed by atoms with Crippen LogP contribution in [0, 0.1) is 0 Å². The van der Waals surface area contributed by atoms with Gasteiger partial charge in [-0.3, -0.25) is 24.4 Å². The fourth-order valence-corrected chi connectivity index (χ4v) is 4.88. The molecule has 52 heavy (non-hydrogen) atoms. The number of ether oxygens (including phenoxy) is 2. The normalized spacial score (nSPS) is 10.9. The zero-order valence-corrected chi connectivity index (χ0v) is 28.8. The molecule has 4 aromatic carbocycles. The van der Waals surface area contributed by atoms with Crippen LogP contribution in [0.5, 0.6) is 11.5 Å². The smallest absolute Gasteiger partial charge is 0.274 e. The number of carbonyl (C=O) groups excluding carboxylic acids is 4. The van der Waals surface area contributed by atoms with Crippen molar-refractivity contribution >= 4 is 36.1 Å². The number of unbranched alkanes of at least 4 members (excludes halogenated alkanes) is 5. The second-order valence-corrected chi connectivity index (χ2v) is 11.5. The first-order valence-electron chi connectivity index (χ1n) is 16.9. The molecular formula is C39H42N6O7. The maximum atomic E-state index is 12.3. The van der Waals surface area contributed by atoms with E-state index in [1.165, 1.54) is 30.5 Å². The molecule has 0 aliphatic carbocycles. The van der Waals surface area contributed by atoms with Crippen molar-refractivity contribution in [1.82, 2.24) is 21.6 Å². The van der Waals surface area contributed by atoms with Crippen LogP contribution in [0.1, 0.15) is 91.1 Å². The Morgan fingerprint density at radius 1 is 0.558 bits per heavy atom. The van der Waals surface area contributed by atoms with Gasteiger partial charge in [-0.05, 0) is 96.8 Å². The largest absolute Gasteiger partial charge is 0.494 e. The third-order valence-electron chi connectivity index (χ3n) is 7.70. The van der Waals surface area contributed by atoms with Crippen LogP contribution >= 0.6 is 0 Å². The highest BCUT2D eigenvalue weighted by Crippen LogP contribution is 2.15. The highest BCUT2D eigenvalue weighted by molar-refractivity contribution is 5.99. The maximum absolute atomic E-state index is 12.3. The van der Waals surface area contributed by atoms with Crippen LogP contribution in [0.3, 0.4) is 0 Å². The van der Waals surface area contributed by atoms with Crippen LogP contribution in [-0.2, 0) is 0 Å². The standard InChI is InChI=1S/C39H42N6O7/c1-40-36(46)30-14-16-31(17-15-30)37(47)43-41-26-28-10-8-12-34(24-28)51-22-6-4-2-3-5-7-23-52-35-13-9-11-29(25-35)27-42-44-38(48)32-18-20-33(21-19-32)39(49)45-50/h8-21,24-27,50H,2-7,22-23H2,1H3,(H,40,46)(H,43,47)(H,44,48)(H,45,49)/b41-26+,42-27+. The maximum Gasteiger partial charge on any atom is 0.274 e. The SMILES string of the molecule is CNC(=O)c1ccc(C(=O)N/N=C/c2cccc(OCCCCCCCCOc3cccc(/C=N/NC(=O)c4ccc(C(=O)NO)cc4)c3)c2)cc1. The Hall–Kier alpha value is -6.34. The van der Waals surface area contributed by atoms with Gasteiger partial charge in [0.2, 0.25) is 0 Å². The van der Waals surface area contributed by atoms with Crippen LogP contribution in [0.25, 0.3) is 0 Å². The average molecular weight is 707 g/mol. The Balaban J connectivity index is 1.05. The molecule has 0 fully saturated rings. The first-order chi connectivity index (χ1) is 25.4. The lowest BCUT2D eigenvalue weighted by Gasteiger charge is -2.08. The van der Waals surface area contributed by atoms with E-state index in [4.69, 9.17) is 14.7 Å². The van der Waals surface area contributed by atoms with Crippen molar-refractivity contribution in [3.05, 3.63) is 130 Å². The molecule has 4 aromatic rings.